The molecule has 230 valence electrons. The third kappa shape index (κ3) is 8.96. The van der Waals surface area contributed by atoms with Crippen molar-refractivity contribution in [3.8, 4) is 11.3 Å². The van der Waals surface area contributed by atoms with Crippen LogP contribution in [0, 0.1) is 0 Å². The number of nitrogens with zero attached hydrogens (tertiary/aromatic N) is 4. The van der Waals surface area contributed by atoms with Crippen LogP contribution in [0.4, 0.5) is 11.6 Å². The van der Waals surface area contributed by atoms with Crippen molar-refractivity contribution in [3.05, 3.63) is 89.1 Å². The molecule has 4 aromatic rings. The Morgan fingerprint density at radius 2 is 1.14 bits per heavy atom. The van der Waals surface area contributed by atoms with Crippen LogP contribution in [0.1, 0.15) is 48.4 Å². The molecule has 12 nitrogen and oxygen atoms in total. The zero-order valence-electron chi connectivity index (χ0n) is 25.3. The van der Waals surface area contributed by atoms with Crippen LogP contribution in [-0.4, -0.2) is 64.9 Å². The highest BCUT2D eigenvalue weighted by atomic mass is 35.5. The van der Waals surface area contributed by atoms with E-state index in [0.29, 0.717) is 33.6 Å². The molecule has 0 saturated carbocycles. The van der Waals surface area contributed by atoms with Gasteiger partial charge in [-0.05, 0) is 81.7 Å². The Bertz CT molecular complexity index is 1500. The largest absolute Gasteiger partial charge is 0.494 e. The van der Waals surface area contributed by atoms with Crippen LogP contribution >= 0.6 is 11.6 Å². The summed E-state index contributed by atoms with van der Waals surface area (Å²) in [4.78, 5) is 22.6. The second-order valence-electron chi connectivity index (χ2n) is 10.4. The van der Waals surface area contributed by atoms with E-state index in [-0.39, 0.29) is 23.1 Å². The fraction of sp³-hybridized carbons (Fsp3) is 0.267. The first-order valence-corrected chi connectivity index (χ1v) is 13.7. The minimum atomic E-state index is -0.406. The average molecular weight is 621 g/mol. The van der Waals surface area contributed by atoms with Gasteiger partial charge in [0.2, 0.25) is 0 Å². The predicted octanol–water partition coefficient (Wildman–Crippen LogP) is 4.00. The summed E-state index contributed by atoms with van der Waals surface area (Å²) in [5, 5.41) is 15.0. The van der Waals surface area contributed by atoms with Gasteiger partial charge in [-0.25, -0.2) is 9.59 Å². The standard InChI is InChI=1S/C14H19BO4.C12H11N3O2.C4H4ClN3/c1-13(2)14(3,4)19-15(18-13)11-8-6-10(7-9-11)12(16)17-5;1-17-12(16)9-4-2-8(3-5-9)10-6-7-11(13)15-14-10;5-3-1-2-4(6)8-7-3/h6-9H,1-5H3;2-7H,1H3,(H2,13,15);1-2H,(H2,6,8). The van der Waals surface area contributed by atoms with E-state index in [1.807, 2.05) is 39.8 Å². The lowest BCUT2D eigenvalue weighted by molar-refractivity contribution is 0.00578. The molecule has 0 amide bonds. The molecule has 0 spiro atoms. The molecule has 1 saturated heterocycles. The van der Waals surface area contributed by atoms with Crippen molar-refractivity contribution in [2.75, 3.05) is 25.7 Å². The molecular formula is C30H34BClN6O6. The fourth-order valence-corrected chi connectivity index (χ4v) is 3.69. The molecule has 0 bridgehead atoms. The molecule has 3 heterocycles. The van der Waals surface area contributed by atoms with Gasteiger partial charge < -0.3 is 30.2 Å². The summed E-state index contributed by atoms with van der Waals surface area (Å²) in [5.74, 6) is 0.0507. The number of benzene rings is 2. The van der Waals surface area contributed by atoms with Gasteiger partial charge in [-0.15, -0.1) is 20.4 Å². The molecule has 0 atom stereocenters. The van der Waals surface area contributed by atoms with E-state index in [4.69, 9.17) is 32.4 Å². The normalized spacial score (nSPS) is 14.3. The summed E-state index contributed by atoms with van der Waals surface area (Å²) in [6.07, 6.45) is 0. The van der Waals surface area contributed by atoms with E-state index in [0.717, 1.165) is 11.0 Å². The van der Waals surface area contributed by atoms with Gasteiger partial charge in [-0.1, -0.05) is 35.9 Å². The number of hydrogen-bond acceptors (Lipinski definition) is 12. The molecule has 1 aliphatic heterocycles. The topological polar surface area (TPSA) is 175 Å². The Hall–Kier alpha value is -4.59. The fourth-order valence-electron chi connectivity index (χ4n) is 3.59. The third-order valence-electron chi connectivity index (χ3n) is 6.80. The predicted molar refractivity (Wildman–Crippen MR) is 168 cm³/mol. The number of methoxy groups -OCH3 is 2. The molecule has 4 N–H and O–H groups in total. The number of anilines is 2. The minimum Gasteiger partial charge on any atom is -0.465 e. The van der Waals surface area contributed by atoms with Crippen LogP contribution in [0.3, 0.4) is 0 Å². The summed E-state index contributed by atoms with van der Waals surface area (Å²) in [6.45, 7) is 8.04. The van der Waals surface area contributed by atoms with E-state index in [1.165, 1.54) is 14.2 Å². The van der Waals surface area contributed by atoms with Crippen molar-refractivity contribution in [2.24, 2.45) is 0 Å². The molecule has 5 rings (SSSR count). The molecule has 14 heteroatoms. The van der Waals surface area contributed by atoms with Crippen molar-refractivity contribution in [3.63, 3.8) is 0 Å². The number of halogens is 1. The van der Waals surface area contributed by atoms with E-state index in [9.17, 15) is 9.59 Å². The van der Waals surface area contributed by atoms with Gasteiger partial charge in [0, 0.05) is 5.56 Å². The van der Waals surface area contributed by atoms with Crippen molar-refractivity contribution in [1.29, 1.82) is 0 Å². The number of nitrogen functional groups attached to an aromatic ring is 2. The molecule has 2 aromatic heterocycles. The summed E-state index contributed by atoms with van der Waals surface area (Å²) in [7, 11) is 2.31. The van der Waals surface area contributed by atoms with Gasteiger partial charge in [0.1, 0.15) is 11.6 Å². The van der Waals surface area contributed by atoms with Gasteiger partial charge in [-0.2, -0.15) is 0 Å². The number of carbonyl (C=O) groups excluding carboxylic acids is 2. The Morgan fingerprint density at radius 1 is 0.682 bits per heavy atom. The van der Waals surface area contributed by atoms with Gasteiger partial charge in [0.25, 0.3) is 0 Å². The van der Waals surface area contributed by atoms with Crippen LogP contribution in [0.2, 0.25) is 5.15 Å². The number of aromatic nitrogens is 4. The lowest BCUT2D eigenvalue weighted by atomic mass is 9.79. The maximum absolute atomic E-state index is 11.4. The van der Waals surface area contributed by atoms with Gasteiger partial charge in [0.05, 0.1) is 42.2 Å². The van der Waals surface area contributed by atoms with Crippen LogP contribution in [0.5, 0.6) is 0 Å². The number of ether oxygens (including phenoxy) is 2. The van der Waals surface area contributed by atoms with Crippen LogP contribution in [0.15, 0.2) is 72.8 Å². The van der Waals surface area contributed by atoms with Crippen molar-refractivity contribution in [1.82, 2.24) is 20.4 Å². The molecule has 0 aliphatic carbocycles. The summed E-state index contributed by atoms with van der Waals surface area (Å²) < 4.78 is 21.2. The van der Waals surface area contributed by atoms with E-state index in [2.05, 4.69) is 29.9 Å². The second kappa shape index (κ2) is 14.7. The van der Waals surface area contributed by atoms with Gasteiger partial charge >= 0.3 is 19.1 Å². The first-order chi connectivity index (χ1) is 20.8. The van der Waals surface area contributed by atoms with E-state index < -0.39 is 7.12 Å². The Kier molecular flexibility index (Phi) is 11.4. The van der Waals surface area contributed by atoms with Crippen molar-refractivity contribution < 1.29 is 28.4 Å². The van der Waals surface area contributed by atoms with Crippen molar-refractivity contribution in [2.45, 2.75) is 38.9 Å². The molecule has 0 radical (unpaired) electrons. The third-order valence-corrected chi connectivity index (χ3v) is 7.00. The summed E-state index contributed by atoms with van der Waals surface area (Å²) >= 11 is 5.38. The van der Waals surface area contributed by atoms with Gasteiger partial charge in [-0.3, -0.25) is 0 Å². The quantitative estimate of drug-likeness (QED) is 0.248. The molecular weight excluding hydrogens is 587 g/mol. The maximum atomic E-state index is 11.4. The molecule has 1 fully saturated rings. The Balaban J connectivity index is 0.000000194. The first-order valence-electron chi connectivity index (χ1n) is 13.3. The zero-order valence-corrected chi connectivity index (χ0v) is 26.0. The van der Waals surface area contributed by atoms with Gasteiger partial charge in [0.15, 0.2) is 5.15 Å². The lowest BCUT2D eigenvalue weighted by Crippen LogP contribution is -2.41. The minimum absolute atomic E-state index is 0.347. The molecule has 0 unspecified atom stereocenters. The molecule has 44 heavy (non-hydrogen) atoms. The molecule has 1 aliphatic rings. The number of hydrogen-bond donors (Lipinski definition) is 2. The van der Waals surface area contributed by atoms with Crippen LogP contribution in [-0.2, 0) is 18.8 Å². The number of carbonyl (C=O) groups is 2. The average Bonchev–Trinajstić information content (AvgIpc) is 3.25. The summed E-state index contributed by atoms with van der Waals surface area (Å²) in [6, 6.07) is 20.6. The van der Waals surface area contributed by atoms with E-state index in [1.54, 1.807) is 60.7 Å². The Labute approximate surface area is 261 Å². The smallest absolute Gasteiger partial charge is 0.465 e. The first kappa shape index (κ1) is 33.9. The van der Waals surface area contributed by atoms with E-state index >= 15 is 0 Å². The number of nitrogens with two attached hydrogens (primary N) is 2. The van der Waals surface area contributed by atoms with Crippen LogP contribution < -0.4 is 16.9 Å². The lowest BCUT2D eigenvalue weighted by Gasteiger charge is -2.32. The monoisotopic (exact) mass is 620 g/mol. The highest BCUT2D eigenvalue weighted by Crippen LogP contribution is 2.36. The summed E-state index contributed by atoms with van der Waals surface area (Å²) in [5.41, 5.74) is 13.4. The SMILES string of the molecule is COC(=O)c1ccc(-c2ccc(N)nn2)cc1.COC(=O)c1ccc(B2OC(C)(C)C(C)(C)O2)cc1.Nc1ccc(Cl)nn1. The molecule has 2 aromatic carbocycles. The highest BCUT2D eigenvalue weighted by molar-refractivity contribution is 6.62. The number of rotatable bonds is 4. The highest BCUT2D eigenvalue weighted by Gasteiger charge is 2.51. The van der Waals surface area contributed by atoms with Crippen molar-refractivity contribution >= 4 is 47.8 Å². The van der Waals surface area contributed by atoms with Crippen LogP contribution in [0.25, 0.3) is 11.3 Å². The Morgan fingerprint density at radius 3 is 1.52 bits per heavy atom. The maximum Gasteiger partial charge on any atom is 0.494 e. The number of esters is 2. The second-order valence-corrected chi connectivity index (χ2v) is 10.8. The zero-order chi connectivity index (χ0) is 32.5.